The van der Waals surface area contributed by atoms with Crippen molar-refractivity contribution in [2.75, 3.05) is 13.1 Å². The van der Waals surface area contributed by atoms with Crippen LogP contribution in [0.25, 0.3) is 0 Å². The lowest BCUT2D eigenvalue weighted by atomic mass is 10.1. The van der Waals surface area contributed by atoms with Crippen LogP contribution in [0.1, 0.15) is 39.8 Å². The van der Waals surface area contributed by atoms with Crippen LogP contribution in [0.15, 0.2) is 68.5 Å². The zero-order chi connectivity index (χ0) is 23.2. The summed E-state index contributed by atoms with van der Waals surface area (Å²) in [5.74, 6) is 0.280. The molecule has 0 radical (unpaired) electrons. The number of nitrogens with zero attached hydrogens (tertiary/aromatic N) is 4. The molecule has 166 valence electrons. The maximum absolute atomic E-state index is 10.7. The first kappa shape index (κ1) is 22.1. The highest BCUT2D eigenvalue weighted by Crippen LogP contribution is 2.30. The third-order valence-corrected chi connectivity index (χ3v) is 5.23. The molecule has 0 aromatic heterocycles. The van der Waals surface area contributed by atoms with Gasteiger partial charge in [0.2, 0.25) is 0 Å². The lowest BCUT2D eigenvalue weighted by molar-refractivity contribution is 0.473. The third kappa shape index (κ3) is 5.41. The molecule has 0 saturated heterocycles. The van der Waals surface area contributed by atoms with E-state index in [2.05, 4.69) is 20.0 Å². The van der Waals surface area contributed by atoms with Gasteiger partial charge < -0.3 is 10.2 Å². The van der Waals surface area contributed by atoms with Gasteiger partial charge in [-0.3, -0.25) is 20.0 Å². The van der Waals surface area contributed by atoms with E-state index in [0.717, 1.165) is 17.5 Å². The van der Waals surface area contributed by atoms with E-state index in [0.29, 0.717) is 46.7 Å². The summed E-state index contributed by atoms with van der Waals surface area (Å²) in [5, 5.41) is 21.5. The third-order valence-electron chi connectivity index (χ3n) is 5.23. The molecule has 33 heavy (non-hydrogen) atoms. The van der Waals surface area contributed by atoms with Gasteiger partial charge in [0.25, 0.3) is 0 Å². The van der Waals surface area contributed by atoms with Crippen molar-refractivity contribution in [2.24, 2.45) is 20.0 Å². The van der Waals surface area contributed by atoms with E-state index in [4.69, 9.17) is 0 Å². The summed E-state index contributed by atoms with van der Waals surface area (Å²) in [6.45, 7) is 5.11. The number of rotatable bonds is 0. The number of hydrogen-bond donors (Lipinski definition) is 2. The van der Waals surface area contributed by atoms with Gasteiger partial charge in [0.05, 0.1) is 11.4 Å². The Labute approximate surface area is 193 Å². The lowest BCUT2D eigenvalue weighted by Crippen LogP contribution is -1.94. The highest BCUT2D eigenvalue weighted by Gasteiger charge is 2.08. The first-order valence-corrected chi connectivity index (χ1v) is 10.9. The zero-order valence-corrected chi connectivity index (χ0v) is 18.7. The monoisotopic (exact) mass is 438 g/mol. The minimum absolute atomic E-state index is 0.140. The smallest absolute Gasteiger partial charge is 0.133 e. The van der Waals surface area contributed by atoms with Crippen LogP contribution in [-0.4, -0.2) is 48.2 Å². The Kier molecular flexibility index (Phi) is 6.74. The quantitative estimate of drug-likeness (QED) is 0.488. The Morgan fingerprint density at radius 2 is 1.00 bits per heavy atom. The fourth-order valence-electron chi connectivity index (χ4n) is 3.60. The summed E-state index contributed by atoms with van der Waals surface area (Å²) in [6, 6.07) is 15.0. The van der Waals surface area contributed by atoms with E-state index in [1.165, 1.54) is 0 Å². The zero-order valence-electron chi connectivity index (χ0n) is 18.7. The number of aromatic hydroxyl groups is 2. The van der Waals surface area contributed by atoms with Crippen molar-refractivity contribution in [3.05, 3.63) is 81.9 Å². The molecule has 0 atom stereocenters. The average Bonchev–Trinajstić information content (AvgIpc) is 2.80. The topological polar surface area (TPSA) is 89.9 Å². The molecular formula is C27H26N4O2. The van der Waals surface area contributed by atoms with Gasteiger partial charge in [-0.05, 0) is 67.8 Å². The summed E-state index contributed by atoms with van der Waals surface area (Å²) in [5.41, 5.74) is 5.83. The number of benzene rings is 3. The first-order chi connectivity index (χ1) is 16.0. The molecule has 0 aliphatic carbocycles. The molecule has 0 saturated carbocycles. The van der Waals surface area contributed by atoms with Gasteiger partial charge in [-0.15, -0.1) is 0 Å². The van der Waals surface area contributed by atoms with Gasteiger partial charge in [0, 0.05) is 60.2 Å². The molecule has 1 heterocycles. The molecule has 1 aliphatic rings. The minimum atomic E-state index is 0.140. The second-order valence-electron chi connectivity index (χ2n) is 8.01. The molecule has 2 N–H and O–H groups in total. The molecule has 0 fully saturated rings. The van der Waals surface area contributed by atoms with Crippen LogP contribution in [0, 0.1) is 13.8 Å². The predicted octanol–water partition coefficient (Wildman–Crippen LogP) is 5.46. The Morgan fingerprint density at radius 1 is 0.606 bits per heavy atom. The van der Waals surface area contributed by atoms with Gasteiger partial charge in [-0.2, -0.15) is 0 Å². The summed E-state index contributed by atoms with van der Waals surface area (Å²) in [6.07, 6.45) is 7.41. The number of para-hydroxylation sites is 2. The van der Waals surface area contributed by atoms with E-state index in [1.54, 1.807) is 24.9 Å². The lowest BCUT2D eigenvalue weighted by Gasteiger charge is -2.06. The standard InChI is InChI=1S/C27H26N4O2/c1-18-10-20-14-28-8-5-9-29-15-21-11-19(2)13-23(27(21)33)17-31-25-7-4-3-6-24(25)30-16-22(12-18)26(20)32/h3-4,6-7,10-17,32-33H,5,8-9H2,1-2H3/b28-14+,29-15+,30-16+,31-17+. The van der Waals surface area contributed by atoms with Crippen LogP contribution >= 0.6 is 0 Å². The van der Waals surface area contributed by atoms with Crippen molar-refractivity contribution in [3.63, 3.8) is 0 Å². The molecule has 6 nitrogen and oxygen atoms in total. The van der Waals surface area contributed by atoms with Crippen LogP contribution in [-0.2, 0) is 0 Å². The van der Waals surface area contributed by atoms with Gasteiger partial charge >= 0.3 is 0 Å². The maximum Gasteiger partial charge on any atom is 0.133 e. The van der Waals surface area contributed by atoms with Crippen LogP contribution in [0.3, 0.4) is 0 Å². The van der Waals surface area contributed by atoms with Crippen molar-refractivity contribution in [1.82, 2.24) is 0 Å². The van der Waals surface area contributed by atoms with Crippen molar-refractivity contribution >= 4 is 36.2 Å². The summed E-state index contributed by atoms with van der Waals surface area (Å²) in [7, 11) is 0. The number of aliphatic imine (C=N–C) groups is 4. The summed E-state index contributed by atoms with van der Waals surface area (Å²) in [4.78, 5) is 18.1. The first-order valence-electron chi connectivity index (χ1n) is 10.9. The van der Waals surface area contributed by atoms with E-state index in [-0.39, 0.29) is 11.5 Å². The maximum atomic E-state index is 10.7. The Balaban J connectivity index is 1.81. The fourth-order valence-corrected chi connectivity index (χ4v) is 3.60. The van der Waals surface area contributed by atoms with E-state index < -0.39 is 0 Å². The Morgan fingerprint density at radius 3 is 1.42 bits per heavy atom. The number of phenols is 2. The number of fused-ring (bicyclic) bond motifs is 5. The van der Waals surface area contributed by atoms with Crippen LogP contribution in [0.2, 0.25) is 0 Å². The number of aryl methyl sites for hydroxylation is 2. The van der Waals surface area contributed by atoms with E-state index >= 15 is 0 Å². The summed E-state index contributed by atoms with van der Waals surface area (Å²) < 4.78 is 0. The van der Waals surface area contributed by atoms with Crippen LogP contribution < -0.4 is 0 Å². The Bertz CT molecular complexity index is 1190. The molecule has 1 aliphatic heterocycles. The fraction of sp³-hybridized carbons (Fsp3) is 0.185. The van der Waals surface area contributed by atoms with Crippen molar-refractivity contribution in [2.45, 2.75) is 20.3 Å². The predicted molar refractivity (Wildman–Crippen MR) is 136 cm³/mol. The normalized spacial score (nSPS) is 17.6. The molecule has 0 amide bonds. The van der Waals surface area contributed by atoms with Crippen molar-refractivity contribution in [3.8, 4) is 11.5 Å². The van der Waals surface area contributed by atoms with Crippen molar-refractivity contribution < 1.29 is 10.2 Å². The number of hydrogen-bond acceptors (Lipinski definition) is 6. The Hall–Kier alpha value is -4.06. The summed E-state index contributed by atoms with van der Waals surface area (Å²) >= 11 is 0. The second-order valence-corrected chi connectivity index (χ2v) is 8.01. The highest BCUT2D eigenvalue weighted by atomic mass is 16.3. The molecule has 0 spiro atoms. The van der Waals surface area contributed by atoms with Gasteiger partial charge in [-0.1, -0.05) is 12.1 Å². The molecular weight excluding hydrogens is 412 g/mol. The SMILES string of the molecule is Cc1cc2c(O)c(c1)/C=N/c1ccccc1/N=C/c1cc(C)cc(c1O)/C=N/CCC/N=C/2. The molecule has 3 aromatic rings. The van der Waals surface area contributed by atoms with Crippen LogP contribution in [0.5, 0.6) is 11.5 Å². The van der Waals surface area contributed by atoms with Gasteiger partial charge in [0.1, 0.15) is 11.5 Å². The van der Waals surface area contributed by atoms with E-state index in [1.807, 2.05) is 62.4 Å². The molecule has 0 unspecified atom stereocenters. The second kappa shape index (κ2) is 10.0. The average molecular weight is 439 g/mol. The largest absolute Gasteiger partial charge is 0.507 e. The van der Waals surface area contributed by atoms with Gasteiger partial charge in [0.15, 0.2) is 0 Å². The molecule has 3 aromatic carbocycles. The number of phenolic OH excluding ortho intramolecular Hbond substituents is 2. The van der Waals surface area contributed by atoms with E-state index in [9.17, 15) is 10.2 Å². The highest BCUT2D eigenvalue weighted by molar-refractivity contribution is 5.95. The minimum Gasteiger partial charge on any atom is -0.507 e. The molecule has 6 heteroatoms. The molecule has 4 rings (SSSR count). The van der Waals surface area contributed by atoms with Crippen LogP contribution in [0.4, 0.5) is 11.4 Å². The molecule has 4 bridgehead atoms. The van der Waals surface area contributed by atoms with Crippen molar-refractivity contribution in [1.29, 1.82) is 0 Å². The van der Waals surface area contributed by atoms with Gasteiger partial charge in [-0.25, -0.2) is 0 Å².